The standard InChI is InChI=1S/C25H29N3O4/c1-17-10-14-27(15-11-18-16-26-20-9-5-4-8-19(18)20)22(29)21(17)23(30)28-13-7-6-12-25(28,2)24(31)32-3/h4-5,8-10,14,16,26H,6-7,11-13,15H2,1-3H3. The first-order chi connectivity index (χ1) is 15.4. The molecule has 4 rings (SSSR count). The number of ether oxygens (including phenoxy) is 1. The van der Waals surface area contributed by atoms with Gasteiger partial charge < -0.3 is 19.2 Å². The van der Waals surface area contributed by atoms with E-state index in [9.17, 15) is 14.4 Å². The number of aromatic nitrogens is 2. The maximum Gasteiger partial charge on any atom is 0.331 e. The fourth-order valence-corrected chi connectivity index (χ4v) is 4.69. The molecule has 7 nitrogen and oxygen atoms in total. The number of pyridine rings is 1. The monoisotopic (exact) mass is 435 g/mol. The number of rotatable bonds is 5. The van der Waals surface area contributed by atoms with Crippen LogP contribution in [-0.4, -0.2) is 45.5 Å². The minimum atomic E-state index is -1.06. The molecule has 1 aromatic carbocycles. The van der Waals surface area contributed by atoms with E-state index in [1.165, 1.54) is 12.0 Å². The van der Waals surface area contributed by atoms with Crippen molar-refractivity contribution < 1.29 is 14.3 Å². The normalized spacial score (nSPS) is 18.7. The van der Waals surface area contributed by atoms with Crippen LogP contribution in [0.2, 0.25) is 0 Å². The summed E-state index contributed by atoms with van der Waals surface area (Å²) in [4.78, 5) is 44.2. The third kappa shape index (κ3) is 3.72. The van der Waals surface area contributed by atoms with Gasteiger partial charge in [0.05, 0.1) is 7.11 Å². The van der Waals surface area contributed by atoms with Gasteiger partial charge in [0.1, 0.15) is 11.1 Å². The lowest BCUT2D eigenvalue weighted by Crippen LogP contribution is -2.58. The number of methoxy groups -OCH3 is 1. The summed E-state index contributed by atoms with van der Waals surface area (Å²) in [6.45, 7) is 4.37. The molecule has 0 spiro atoms. The third-order valence-corrected chi connectivity index (χ3v) is 6.65. The maximum atomic E-state index is 13.5. The molecule has 0 radical (unpaired) electrons. The molecule has 1 fully saturated rings. The Bertz CT molecular complexity index is 1230. The molecule has 2 aromatic heterocycles. The number of fused-ring (bicyclic) bond motifs is 1. The number of carbonyl (C=O) groups excluding carboxylic acids is 2. The van der Waals surface area contributed by atoms with Crippen LogP contribution in [0, 0.1) is 6.92 Å². The smallest absolute Gasteiger partial charge is 0.331 e. The number of nitrogens with zero attached hydrogens (tertiary/aromatic N) is 2. The first kappa shape index (κ1) is 21.9. The fraction of sp³-hybridized carbons (Fsp3) is 0.400. The van der Waals surface area contributed by atoms with Crippen molar-refractivity contribution in [2.24, 2.45) is 0 Å². The summed E-state index contributed by atoms with van der Waals surface area (Å²) >= 11 is 0. The molecular weight excluding hydrogens is 406 g/mol. The van der Waals surface area contributed by atoms with E-state index >= 15 is 0 Å². The number of aromatic amines is 1. The van der Waals surface area contributed by atoms with Crippen LogP contribution < -0.4 is 5.56 Å². The van der Waals surface area contributed by atoms with Crippen LogP contribution in [0.15, 0.2) is 47.5 Å². The molecule has 0 saturated carbocycles. The van der Waals surface area contributed by atoms with Gasteiger partial charge in [-0.3, -0.25) is 9.59 Å². The van der Waals surface area contributed by atoms with E-state index in [4.69, 9.17) is 4.74 Å². The van der Waals surface area contributed by atoms with Crippen molar-refractivity contribution in [2.45, 2.75) is 51.6 Å². The molecule has 1 aliphatic rings. The molecule has 32 heavy (non-hydrogen) atoms. The molecule has 0 aliphatic carbocycles. The van der Waals surface area contributed by atoms with Crippen molar-refractivity contribution >= 4 is 22.8 Å². The summed E-state index contributed by atoms with van der Waals surface area (Å²) in [5.41, 5.74) is 1.53. The number of likely N-dealkylation sites (tertiary alicyclic amines) is 1. The Hall–Kier alpha value is -3.35. The van der Waals surface area contributed by atoms with Gasteiger partial charge in [0.2, 0.25) is 0 Å². The van der Waals surface area contributed by atoms with Crippen molar-refractivity contribution in [1.29, 1.82) is 0 Å². The second-order valence-corrected chi connectivity index (χ2v) is 8.66. The summed E-state index contributed by atoms with van der Waals surface area (Å²) in [7, 11) is 1.33. The lowest BCUT2D eigenvalue weighted by molar-refractivity contribution is -0.154. The Balaban J connectivity index is 1.63. The molecule has 1 unspecified atom stereocenters. The number of piperidine rings is 1. The van der Waals surface area contributed by atoms with Gasteiger partial charge in [0.25, 0.3) is 11.5 Å². The van der Waals surface area contributed by atoms with Crippen LogP contribution in [0.1, 0.15) is 47.7 Å². The first-order valence-electron chi connectivity index (χ1n) is 11.0. The van der Waals surface area contributed by atoms with E-state index in [1.54, 1.807) is 30.7 Å². The molecule has 7 heteroatoms. The zero-order chi connectivity index (χ0) is 22.9. The van der Waals surface area contributed by atoms with Crippen LogP contribution in [0.5, 0.6) is 0 Å². The number of nitrogens with one attached hydrogen (secondary N) is 1. The number of hydrogen-bond acceptors (Lipinski definition) is 4. The van der Waals surface area contributed by atoms with Crippen LogP contribution >= 0.6 is 0 Å². The number of carbonyl (C=O) groups is 2. The van der Waals surface area contributed by atoms with Crippen LogP contribution in [0.4, 0.5) is 0 Å². The summed E-state index contributed by atoms with van der Waals surface area (Å²) in [6.07, 6.45) is 6.50. The van der Waals surface area contributed by atoms with Gasteiger partial charge in [0, 0.05) is 36.4 Å². The summed E-state index contributed by atoms with van der Waals surface area (Å²) in [5, 5.41) is 1.13. The second-order valence-electron chi connectivity index (χ2n) is 8.66. The van der Waals surface area contributed by atoms with Gasteiger partial charge in [0.15, 0.2) is 0 Å². The van der Waals surface area contributed by atoms with Crippen molar-refractivity contribution in [1.82, 2.24) is 14.5 Å². The van der Waals surface area contributed by atoms with Crippen LogP contribution in [0.3, 0.4) is 0 Å². The summed E-state index contributed by atoms with van der Waals surface area (Å²) in [5.74, 6) is -0.847. The fourth-order valence-electron chi connectivity index (χ4n) is 4.69. The Morgan fingerprint density at radius 3 is 2.75 bits per heavy atom. The molecule has 1 amide bonds. The number of aryl methyl sites for hydroxylation is 3. The van der Waals surface area contributed by atoms with Crippen molar-refractivity contribution in [3.8, 4) is 0 Å². The second kappa shape index (κ2) is 8.65. The third-order valence-electron chi connectivity index (χ3n) is 6.65. The predicted octanol–water partition coefficient (Wildman–Crippen LogP) is 3.44. The van der Waals surface area contributed by atoms with E-state index in [2.05, 4.69) is 11.1 Å². The topological polar surface area (TPSA) is 84.4 Å². The summed E-state index contributed by atoms with van der Waals surface area (Å²) < 4.78 is 6.57. The molecule has 1 aliphatic heterocycles. The van der Waals surface area contributed by atoms with Crippen LogP contribution in [-0.2, 0) is 22.5 Å². The lowest BCUT2D eigenvalue weighted by atomic mass is 9.87. The molecule has 3 heterocycles. The van der Waals surface area contributed by atoms with Gasteiger partial charge >= 0.3 is 5.97 Å². The molecule has 0 bridgehead atoms. The Morgan fingerprint density at radius 1 is 1.19 bits per heavy atom. The maximum absolute atomic E-state index is 13.5. The quantitative estimate of drug-likeness (QED) is 0.622. The summed E-state index contributed by atoms with van der Waals surface area (Å²) in [6, 6.07) is 9.84. The number of amides is 1. The largest absolute Gasteiger partial charge is 0.467 e. The zero-order valence-electron chi connectivity index (χ0n) is 18.8. The number of hydrogen-bond donors (Lipinski definition) is 1. The van der Waals surface area contributed by atoms with Gasteiger partial charge in [-0.05, 0) is 62.8 Å². The van der Waals surface area contributed by atoms with Crippen LogP contribution in [0.25, 0.3) is 10.9 Å². The highest BCUT2D eigenvalue weighted by Crippen LogP contribution is 2.30. The number of benzene rings is 1. The molecule has 168 valence electrons. The van der Waals surface area contributed by atoms with Crippen molar-refractivity contribution in [3.05, 3.63) is 69.8 Å². The highest BCUT2D eigenvalue weighted by atomic mass is 16.5. The van der Waals surface area contributed by atoms with E-state index in [1.807, 2.05) is 24.4 Å². The number of esters is 1. The van der Waals surface area contributed by atoms with E-state index in [0.717, 1.165) is 29.3 Å². The highest BCUT2D eigenvalue weighted by molar-refractivity contribution is 5.99. The van der Waals surface area contributed by atoms with E-state index < -0.39 is 17.4 Å². The van der Waals surface area contributed by atoms with E-state index in [0.29, 0.717) is 31.5 Å². The van der Waals surface area contributed by atoms with E-state index in [-0.39, 0.29) is 11.1 Å². The number of H-pyrrole nitrogens is 1. The van der Waals surface area contributed by atoms with Gasteiger partial charge in [-0.2, -0.15) is 0 Å². The Labute approximate surface area is 187 Å². The van der Waals surface area contributed by atoms with Gasteiger partial charge in [-0.15, -0.1) is 0 Å². The SMILES string of the molecule is COC(=O)C1(C)CCCCN1C(=O)c1c(C)ccn(CCc2c[nH]c3ccccc23)c1=O. The highest BCUT2D eigenvalue weighted by Gasteiger charge is 2.45. The molecule has 3 aromatic rings. The average molecular weight is 436 g/mol. The number of para-hydroxylation sites is 1. The average Bonchev–Trinajstić information content (AvgIpc) is 3.21. The van der Waals surface area contributed by atoms with Gasteiger partial charge in [-0.25, -0.2) is 4.79 Å². The molecule has 1 N–H and O–H groups in total. The first-order valence-corrected chi connectivity index (χ1v) is 11.0. The minimum absolute atomic E-state index is 0.128. The van der Waals surface area contributed by atoms with Crippen molar-refractivity contribution in [2.75, 3.05) is 13.7 Å². The lowest BCUT2D eigenvalue weighted by Gasteiger charge is -2.42. The Kier molecular flexibility index (Phi) is 5.91. The molecule has 1 atom stereocenters. The minimum Gasteiger partial charge on any atom is -0.467 e. The van der Waals surface area contributed by atoms with Gasteiger partial charge in [-0.1, -0.05) is 18.2 Å². The van der Waals surface area contributed by atoms with Crippen molar-refractivity contribution in [3.63, 3.8) is 0 Å². The molecular formula is C25H29N3O4. The Morgan fingerprint density at radius 2 is 1.97 bits per heavy atom. The predicted molar refractivity (Wildman–Crippen MR) is 123 cm³/mol. The zero-order valence-corrected chi connectivity index (χ0v) is 18.8. The molecule has 1 saturated heterocycles.